The molecule has 8 heteroatoms. The maximum Gasteiger partial charge on any atom is 0.245 e. The molecular formula is C27H39N3O5. The molecule has 0 aromatic heterocycles. The van der Waals surface area contributed by atoms with Crippen LogP contribution in [-0.2, 0) is 19.1 Å². The van der Waals surface area contributed by atoms with Crippen LogP contribution in [0.5, 0.6) is 0 Å². The number of ether oxygens (including phenoxy) is 1. The lowest BCUT2D eigenvalue weighted by molar-refractivity contribution is -0.150. The van der Waals surface area contributed by atoms with Gasteiger partial charge >= 0.3 is 0 Å². The Morgan fingerprint density at radius 3 is 2.51 bits per heavy atom. The summed E-state index contributed by atoms with van der Waals surface area (Å²) in [4.78, 5) is 42.9. The van der Waals surface area contributed by atoms with Gasteiger partial charge in [0.2, 0.25) is 17.7 Å². The number of carbonyl (C=O) groups excluding carboxylic acids is 3. The fourth-order valence-corrected chi connectivity index (χ4v) is 6.59. The zero-order valence-electron chi connectivity index (χ0n) is 21.1. The number of para-hydroxylation sites is 1. The predicted octanol–water partition coefficient (Wildman–Crippen LogP) is 2.86. The summed E-state index contributed by atoms with van der Waals surface area (Å²) < 4.78 is 6.73. The lowest BCUT2D eigenvalue weighted by atomic mass is 9.65. The molecule has 0 radical (unpaired) electrons. The van der Waals surface area contributed by atoms with Gasteiger partial charge in [-0.3, -0.25) is 14.4 Å². The zero-order valence-corrected chi connectivity index (χ0v) is 21.1. The summed E-state index contributed by atoms with van der Waals surface area (Å²) in [6.45, 7) is 6.25. The van der Waals surface area contributed by atoms with E-state index in [1.165, 1.54) is 4.90 Å². The van der Waals surface area contributed by atoms with Crippen LogP contribution in [0.15, 0.2) is 30.3 Å². The Morgan fingerprint density at radius 1 is 1.14 bits per heavy atom. The Kier molecular flexibility index (Phi) is 7.52. The molecule has 8 nitrogen and oxygen atoms in total. The molecule has 3 heterocycles. The average molecular weight is 486 g/mol. The van der Waals surface area contributed by atoms with Crippen LogP contribution in [0.4, 0.5) is 5.69 Å². The normalized spacial score (nSPS) is 31.9. The lowest BCUT2D eigenvalue weighted by Crippen LogP contribution is -2.58. The van der Waals surface area contributed by atoms with Gasteiger partial charge in [0.05, 0.1) is 30.1 Å². The first-order valence-electron chi connectivity index (χ1n) is 13.2. The summed E-state index contributed by atoms with van der Waals surface area (Å²) in [5.41, 5.74) is -1.19. The fourth-order valence-electron chi connectivity index (χ4n) is 6.59. The van der Waals surface area contributed by atoms with E-state index >= 15 is 0 Å². The third-order valence-corrected chi connectivity index (χ3v) is 8.35. The number of carbonyl (C=O) groups is 3. The quantitative estimate of drug-likeness (QED) is 0.418. The van der Waals surface area contributed by atoms with E-state index in [-0.39, 0.29) is 24.3 Å². The molecule has 3 N–H and O–H groups in total. The van der Waals surface area contributed by atoms with Crippen molar-refractivity contribution in [3.05, 3.63) is 30.3 Å². The van der Waals surface area contributed by atoms with Crippen LogP contribution >= 0.6 is 0 Å². The van der Waals surface area contributed by atoms with Crippen molar-refractivity contribution in [2.75, 3.05) is 18.5 Å². The molecular weight excluding hydrogens is 446 g/mol. The van der Waals surface area contributed by atoms with Crippen molar-refractivity contribution in [3.8, 4) is 0 Å². The van der Waals surface area contributed by atoms with Gasteiger partial charge < -0.3 is 25.4 Å². The molecule has 3 aliphatic heterocycles. The van der Waals surface area contributed by atoms with Gasteiger partial charge in [0, 0.05) is 12.2 Å². The molecule has 4 rings (SSSR count). The number of nitrogens with zero attached hydrogens (tertiary/aromatic N) is 1. The summed E-state index contributed by atoms with van der Waals surface area (Å²) >= 11 is 0. The first-order chi connectivity index (χ1) is 16.9. The summed E-state index contributed by atoms with van der Waals surface area (Å²) in [6, 6.07) is 7.83. The summed E-state index contributed by atoms with van der Waals surface area (Å²) in [7, 11) is 0. The largest absolute Gasteiger partial charge is 0.394 e. The predicted molar refractivity (Wildman–Crippen MR) is 132 cm³/mol. The number of hydrogen-bond acceptors (Lipinski definition) is 5. The van der Waals surface area contributed by atoms with Crippen molar-refractivity contribution in [3.63, 3.8) is 0 Å². The molecule has 3 amide bonds. The Balaban J connectivity index is 1.70. The zero-order chi connectivity index (χ0) is 25.2. The van der Waals surface area contributed by atoms with Crippen LogP contribution in [0.3, 0.4) is 0 Å². The molecule has 6 atom stereocenters. The van der Waals surface area contributed by atoms with Crippen LogP contribution in [0.25, 0.3) is 0 Å². The number of aliphatic hydroxyl groups is 1. The minimum Gasteiger partial charge on any atom is -0.394 e. The van der Waals surface area contributed by atoms with Gasteiger partial charge in [-0.05, 0) is 44.2 Å². The monoisotopic (exact) mass is 485 g/mol. The number of rotatable bonds is 11. The van der Waals surface area contributed by atoms with Gasteiger partial charge in [-0.2, -0.15) is 0 Å². The highest BCUT2D eigenvalue weighted by Crippen LogP contribution is 2.64. The Morgan fingerprint density at radius 2 is 1.89 bits per heavy atom. The fraction of sp³-hybridized carbons (Fsp3) is 0.667. The molecule has 0 saturated carbocycles. The molecule has 0 aliphatic carbocycles. The molecule has 3 aliphatic rings. The molecule has 3 saturated heterocycles. The third-order valence-electron chi connectivity index (χ3n) is 8.35. The summed E-state index contributed by atoms with van der Waals surface area (Å²) in [5.74, 6) is -2.22. The molecule has 3 fully saturated rings. The van der Waals surface area contributed by atoms with Gasteiger partial charge in [-0.15, -0.1) is 0 Å². The lowest BCUT2D eigenvalue weighted by Gasteiger charge is -2.37. The average Bonchev–Trinajstić information content (AvgIpc) is 3.47. The second-order valence-electron chi connectivity index (χ2n) is 10.2. The van der Waals surface area contributed by atoms with Crippen molar-refractivity contribution in [1.82, 2.24) is 10.2 Å². The maximum absolute atomic E-state index is 14.0. The Labute approximate surface area is 207 Å². The first kappa shape index (κ1) is 25.6. The highest BCUT2D eigenvalue weighted by Gasteiger charge is 2.79. The third kappa shape index (κ3) is 4.14. The number of anilines is 1. The van der Waals surface area contributed by atoms with Gasteiger partial charge in [0.1, 0.15) is 11.6 Å². The number of amides is 3. The van der Waals surface area contributed by atoms with E-state index in [0.717, 1.165) is 19.3 Å². The Bertz CT molecular complexity index is 936. The van der Waals surface area contributed by atoms with E-state index in [2.05, 4.69) is 17.6 Å². The van der Waals surface area contributed by atoms with Crippen LogP contribution in [0, 0.1) is 11.8 Å². The van der Waals surface area contributed by atoms with Crippen LogP contribution in [0.1, 0.15) is 65.7 Å². The molecule has 1 aromatic carbocycles. The molecule has 2 bridgehead atoms. The molecule has 192 valence electrons. The molecule has 2 unspecified atom stereocenters. The number of hydrogen-bond donors (Lipinski definition) is 3. The van der Waals surface area contributed by atoms with E-state index in [4.69, 9.17) is 4.74 Å². The number of fused-ring (bicyclic) bond motifs is 1. The number of aliphatic hydroxyl groups excluding tert-OH is 1. The van der Waals surface area contributed by atoms with Crippen molar-refractivity contribution >= 4 is 23.4 Å². The highest BCUT2D eigenvalue weighted by molar-refractivity contribution is 6.02. The van der Waals surface area contributed by atoms with Gasteiger partial charge in [0.25, 0.3) is 0 Å². The van der Waals surface area contributed by atoms with Crippen molar-refractivity contribution < 1.29 is 24.2 Å². The van der Waals surface area contributed by atoms with Gasteiger partial charge in [-0.1, -0.05) is 51.8 Å². The summed E-state index contributed by atoms with van der Waals surface area (Å²) in [6.07, 6.45) is 5.14. The molecule has 35 heavy (non-hydrogen) atoms. The van der Waals surface area contributed by atoms with E-state index < -0.39 is 35.1 Å². The van der Waals surface area contributed by atoms with Crippen LogP contribution < -0.4 is 10.6 Å². The van der Waals surface area contributed by atoms with Gasteiger partial charge in [-0.25, -0.2) is 0 Å². The van der Waals surface area contributed by atoms with E-state index in [1.54, 1.807) is 0 Å². The number of nitrogens with one attached hydrogen (secondary N) is 2. The SMILES string of the molecule is CCCCCNC(=O)C1N([C@@H](CC)CO)C(=O)[C@@H]2[C@H](C(=O)Nc3ccccc3)[C@]3(CC)CCC12O3. The van der Waals surface area contributed by atoms with E-state index in [0.29, 0.717) is 37.9 Å². The van der Waals surface area contributed by atoms with E-state index in [1.807, 2.05) is 44.2 Å². The number of likely N-dealkylation sites (tertiary alicyclic amines) is 1. The second kappa shape index (κ2) is 10.3. The first-order valence-corrected chi connectivity index (χ1v) is 13.2. The highest BCUT2D eigenvalue weighted by atomic mass is 16.5. The smallest absolute Gasteiger partial charge is 0.245 e. The number of benzene rings is 1. The topological polar surface area (TPSA) is 108 Å². The minimum atomic E-state index is -1.07. The van der Waals surface area contributed by atoms with Crippen LogP contribution in [0.2, 0.25) is 0 Å². The van der Waals surface area contributed by atoms with Crippen LogP contribution in [-0.4, -0.2) is 64.2 Å². The molecule has 1 spiro atoms. The standard InChI is InChI=1S/C27H39N3O5/c1-4-7-11-16-28-24(33)22-27-15-14-26(6-3,35-27)20(23(32)29-18-12-9-8-10-13-18)21(27)25(34)30(22)19(5-2)17-31/h8-10,12-13,19-22,31H,4-7,11,14-17H2,1-3H3,(H,28,33)(H,29,32)/t19-,20+,21-,22?,26-,27?/m0/s1. The summed E-state index contributed by atoms with van der Waals surface area (Å²) in [5, 5.41) is 16.1. The van der Waals surface area contributed by atoms with Gasteiger partial charge in [0.15, 0.2) is 0 Å². The Hall–Kier alpha value is -2.45. The van der Waals surface area contributed by atoms with Crippen molar-refractivity contribution in [1.29, 1.82) is 0 Å². The maximum atomic E-state index is 14.0. The van der Waals surface area contributed by atoms with E-state index in [9.17, 15) is 19.5 Å². The minimum absolute atomic E-state index is 0.246. The second-order valence-corrected chi connectivity index (χ2v) is 10.2. The number of unbranched alkanes of at least 4 members (excludes halogenated alkanes) is 2. The van der Waals surface area contributed by atoms with Crippen molar-refractivity contribution in [2.24, 2.45) is 11.8 Å². The molecule has 1 aromatic rings. The van der Waals surface area contributed by atoms with Crippen molar-refractivity contribution in [2.45, 2.75) is 89.0 Å².